The first-order valence-corrected chi connectivity index (χ1v) is 6.03. The van der Waals surface area contributed by atoms with E-state index in [9.17, 15) is 0 Å². The molecule has 0 unspecified atom stereocenters. The van der Waals surface area contributed by atoms with Gasteiger partial charge in [-0.05, 0) is 0 Å². The van der Waals surface area contributed by atoms with Crippen LogP contribution in [-0.4, -0.2) is 15.2 Å². The molecule has 84 valence electrons. The van der Waals surface area contributed by atoms with E-state index in [0.717, 1.165) is 22.0 Å². The van der Waals surface area contributed by atoms with Crippen LogP contribution in [0.15, 0.2) is 41.8 Å². The van der Waals surface area contributed by atoms with E-state index in [-0.39, 0.29) is 0 Å². The van der Waals surface area contributed by atoms with Crippen LogP contribution >= 0.6 is 11.3 Å². The molecular weight excluding hydrogens is 232 g/mol. The van der Waals surface area contributed by atoms with Gasteiger partial charge in [-0.1, -0.05) is 30.3 Å². The van der Waals surface area contributed by atoms with Crippen molar-refractivity contribution in [1.82, 2.24) is 15.2 Å². The van der Waals surface area contributed by atoms with E-state index in [1.807, 2.05) is 35.7 Å². The van der Waals surface area contributed by atoms with Gasteiger partial charge in [0.05, 0.1) is 5.69 Å². The molecule has 2 aromatic heterocycles. The van der Waals surface area contributed by atoms with Crippen LogP contribution in [0.4, 0.5) is 5.82 Å². The first-order valence-electron chi connectivity index (χ1n) is 5.15. The second-order valence-electron chi connectivity index (χ2n) is 3.61. The van der Waals surface area contributed by atoms with Crippen LogP contribution < -0.4 is 5.73 Å². The van der Waals surface area contributed by atoms with Gasteiger partial charge in [-0.25, -0.2) is 4.98 Å². The minimum Gasteiger partial charge on any atom is -0.384 e. The van der Waals surface area contributed by atoms with Gasteiger partial charge in [0.1, 0.15) is 16.5 Å². The second-order valence-corrected chi connectivity index (χ2v) is 4.47. The highest BCUT2D eigenvalue weighted by molar-refractivity contribution is 7.13. The minimum absolute atomic E-state index is 0.552. The summed E-state index contributed by atoms with van der Waals surface area (Å²) in [5.41, 5.74) is 8.45. The van der Waals surface area contributed by atoms with E-state index in [1.54, 1.807) is 17.4 Å². The van der Waals surface area contributed by atoms with E-state index in [1.165, 1.54) is 0 Å². The number of nitrogens with zero attached hydrogens (tertiary/aromatic N) is 2. The Morgan fingerprint density at radius 3 is 2.65 bits per heavy atom. The van der Waals surface area contributed by atoms with Crippen LogP contribution in [0.5, 0.6) is 0 Å². The monoisotopic (exact) mass is 242 g/mol. The number of hydrogen-bond donors (Lipinski definition) is 2. The Morgan fingerprint density at radius 2 is 1.94 bits per heavy atom. The molecule has 3 aromatic rings. The smallest absolute Gasteiger partial charge is 0.144 e. The molecule has 0 fully saturated rings. The molecule has 0 aliphatic rings. The number of rotatable bonds is 2. The minimum atomic E-state index is 0.552. The number of thiazole rings is 1. The summed E-state index contributed by atoms with van der Waals surface area (Å²) in [7, 11) is 0. The van der Waals surface area contributed by atoms with Crippen molar-refractivity contribution < 1.29 is 0 Å². The predicted molar refractivity (Wildman–Crippen MR) is 69.5 cm³/mol. The van der Waals surface area contributed by atoms with Gasteiger partial charge < -0.3 is 5.73 Å². The number of nitrogens with two attached hydrogens (primary N) is 1. The van der Waals surface area contributed by atoms with Gasteiger partial charge in [-0.15, -0.1) is 11.3 Å². The topological polar surface area (TPSA) is 67.6 Å². The van der Waals surface area contributed by atoms with E-state index < -0.39 is 0 Å². The molecule has 2 heterocycles. The molecular formula is C12H10N4S. The van der Waals surface area contributed by atoms with Gasteiger partial charge in [0.2, 0.25) is 0 Å². The lowest BCUT2D eigenvalue weighted by molar-refractivity contribution is 1.10. The van der Waals surface area contributed by atoms with Crippen molar-refractivity contribution in [3.05, 3.63) is 41.8 Å². The zero-order valence-electron chi connectivity index (χ0n) is 8.92. The fraction of sp³-hybridized carbons (Fsp3) is 0. The third kappa shape index (κ3) is 1.92. The summed E-state index contributed by atoms with van der Waals surface area (Å²) < 4.78 is 0. The standard InChI is InChI=1S/C12H10N4S/c13-11-6-9(15-16-11)12-14-10(7-17-12)8-4-2-1-3-5-8/h1-7H,(H3,13,15,16). The Hall–Kier alpha value is -2.14. The number of H-pyrrole nitrogens is 1. The van der Waals surface area contributed by atoms with Crippen LogP contribution in [-0.2, 0) is 0 Å². The maximum atomic E-state index is 5.59. The molecule has 0 amide bonds. The zero-order valence-corrected chi connectivity index (χ0v) is 9.74. The van der Waals surface area contributed by atoms with Gasteiger partial charge in [-0.3, -0.25) is 5.10 Å². The molecule has 0 saturated carbocycles. The largest absolute Gasteiger partial charge is 0.384 e. The highest BCUT2D eigenvalue weighted by Crippen LogP contribution is 2.28. The molecule has 0 aliphatic carbocycles. The average molecular weight is 242 g/mol. The first-order chi connectivity index (χ1) is 8.33. The summed E-state index contributed by atoms with van der Waals surface area (Å²) in [6, 6.07) is 11.9. The maximum absolute atomic E-state index is 5.59. The van der Waals surface area contributed by atoms with Gasteiger partial charge >= 0.3 is 0 Å². The molecule has 0 radical (unpaired) electrons. The van der Waals surface area contributed by atoms with Crippen LogP contribution in [0.1, 0.15) is 0 Å². The number of benzene rings is 1. The number of nitrogens with one attached hydrogen (secondary N) is 1. The fourth-order valence-corrected chi connectivity index (χ4v) is 2.37. The van der Waals surface area contributed by atoms with Gasteiger partial charge in [0.15, 0.2) is 0 Å². The van der Waals surface area contributed by atoms with Crippen molar-refractivity contribution in [2.45, 2.75) is 0 Å². The summed E-state index contributed by atoms with van der Waals surface area (Å²) in [5.74, 6) is 0.552. The maximum Gasteiger partial charge on any atom is 0.144 e. The zero-order chi connectivity index (χ0) is 11.7. The quantitative estimate of drug-likeness (QED) is 0.726. The molecule has 0 spiro atoms. The fourth-order valence-electron chi connectivity index (χ4n) is 1.58. The van der Waals surface area contributed by atoms with E-state index in [4.69, 9.17) is 5.73 Å². The molecule has 0 aliphatic heterocycles. The summed E-state index contributed by atoms with van der Waals surface area (Å²) >= 11 is 1.56. The second kappa shape index (κ2) is 4.03. The Balaban J connectivity index is 1.99. The Labute approximate surface area is 102 Å². The number of aromatic nitrogens is 3. The lowest BCUT2D eigenvalue weighted by Crippen LogP contribution is -1.81. The number of nitrogen functional groups attached to an aromatic ring is 1. The lowest BCUT2D eigenvalue weighted by atomic mass is 10.2. The Kier molecular flexibility index (Phi) is 2.38. The van der Waals surface area contributed by atoms with E-state index in [2.05, 4.69) is 15.2 Å². The molecule has 4 nitrogen and oxygen atoms in total. The lowest BCUT2D eigenvalue weighted by Gasteiger charge is -1.93. The first kappa shape index (κ1) is 10.0. The molecule has 0 saturated heterocycles. The Bertz CT molecular complexity index is 627. The van der Waals surface area contributed by atoms with Crippen LogP contribution in [0, 0.1) is 0 Å². The van der Waals surface area contributed by atoms with E-state index in [0.29, 0.717) is 5.82 Å². The molecule has 0 bridgehead atoms. The molecule has 0 atom stereocenters. The summed E-state index contributed by atoms with van der Waals surface area (Å²) in [6.07, 6.45) is 0. The van der Waals surface area contributed by atoms with Crippen molar-refractivity contribution >= 4 is 17.2 Å². The van der Waals surface area contributed by atoms with Crippen LogP contribution in [0.25, 0.3) is 22.0 Å². The van der Waals surface area contributed by atoms with Gasteiger partial charge in [-0.2, -0.15) is 5.10 Å². The van der Waals surface area contributed by atoms with Crippen molar-refractivity contribution in [2.75, 3.05) is 5.73 Å². The molecule has 5 heteroatoms. The van der Waals surface area contributed by atoms with Crippen LogP contribution in [0.2, 0.25) is 0 Å². The van der Waals surface area contributed by atoms with Crippen molar-refractivity contribution in [3.8, 4) is 22.0 Å². The number of anilines is 1. The average Bonchev–Trinajstić information content (AvgIpc) is 2.98. The summed E-state index contributed by atoms with van der Waals surface area (Å²) in [5, 5.41) is 9.70. The highest BCUT2D eigenvalue weighted by atomic mass is 32.1. The van der Waals surface area contributed by atoms with Crippen molar-refractivity contribution in [3.63, 3.8) is 0 Å². The molecule has 17 heavy (non-hydrogen) atoms. The van der Waals surface area contributed by atoms with Gasteiger partial charge in [0.25, 0.3) is 0 Å². The number of aromatic amines is 1. The van der Waals surface area contributed by atoms with Crippen molar-refractivity contribution in [2.24, 2.45) is 0 Å². The van der Waals surface area contributed by atoms with Crippen molar-refractivity contribution in [1.29, 1.82) is 0 Å². The van der Waals surface area contributed by atoms with E-state index >= 15 is 0 Å². The third-order valence-corrected chi connectivity index (χ3v) is 3.26. The third-order valence-electron chi connectivity index (χ3n) is 2.39. The normalized spacial score (nSPS) is 10.6. The Morgan fingerprint density at radius 1 is 1.12 bits per heavy atom. The predicted octanol–water partition coefficient (Wildman–Crippen LogP) is 2.78. The summed E-state index contributed by atoms with van der Waals surface area (Å²) in [4.78, 5) is 4.54. The molecule has 3 rings (SSSR count). The highest BCUT2D eigenvalue weighted by Gasteiger charge is 2.08. The molecule has 1 aromatic carbocycles. The van der Waals surface area contributed by atoms with Crippen LogP contribution in [0.3, 0.4) is 0 Å². The molecule has 3 N–H and O–H groups in total. The SMILES string of the molecule is Nc1cc(-c2nc(-c3ccccc3)cs2)n[nH]1. The summed E-state index contributed by atoms with van der Waals surface area (Å²) in [6.45, 7) is 0. The van der Waals surface area contributed by atoms with Gasteiger partial charge in [0, 0.05) is 17.0 Å². The number of hydrogen-bond acceptors (Lipinski definition) is 4.